The van der Waals surface area contributed by atoms with Gasteiger partial charge in [-0.1, -0.05) is 6.07 Å². The van der Waals surface area contributed by atoms with Crippen molar-refractivity contribution in [2.24, 2.45) is 0 Å². The van der Waals surface area contributed by atoms with Gasteiger partial charge in [-0.25, -0.2) is 9.59 Å². The van der Waals surface area contributed by atoms with E-state index in [1.54, 1.807) is 0 Å². The highest BCUT2D eigenvalue weighted by molar-refractivity contribution is 5.75. The van der Waals surface area contributed by atoms with Gasteiger partial charge in [0.25, 0.3) is 5.69 Å². The normalized spacial score (nSPS) is 18.6. The van der Waals surface area contributed by atoms with Crippen molar-refractivity contribution in [3.63, 3.8) is 0 Å². The Morgan fingerprint density at radius 3 is 2.39 bits per heavy atom. The molecule has 15 heteroatoms. The number of ether oxygens (including phenoxy) is 6. The average molecular weight is 572 g/mol. The monoisotopic (exact) mass is 572 g/mol. The van der Waals surface area contributed by atoms with Crippen molar-refractivity contribution in [3.8, 4) is 23.8 Å². The van der Waals surface area contributed by atoms with Crippen LogP contribution in [0.15, 0.2) is 42.5 Å². The maximum atomic E-state index is 12.4. The fourth-order valence-corrected chi connectivity index (χ4v) is 3.86. The third kappa shape index (κ3) is 8.38. The minimum Gasteiger partial charge on any atom is -0.467 e. The summed E-state index contributed by atoms with van der Waals surface area (Å²) >= 11 is 0. The molecule has 216 valence electrons. The molecule has 3 rings (SSSR count). The van der Waals surface area contributed by atoms with Crippen LogP contribution in [0.3, 0.4) is 0 Å². The summed E-state index contributed by atoms with van der Waals surface area (Å²) in [7, 11) is 1.15. The molecule has 0 amide bonds. The van der Waals surface area contributed by atoms with Crippen LogP contribution in [0.2, 0.25) is 0 Å². The van der Waals surface area contributed by atoms with Crippen LogP contribution < -0.4 is 9.47 Å². The van der Waals surface area contributed by atoms with E-state index in [4.69, 9.17) is 30.1 Å². The predicted molar refractivity (Wildman–Crippen MR) is 136 cm³/mol. The lowest BCUT2D eigenvalue weighted by atomic mass is 10.0. The first-order valence-corrected chi connectivity index (χ1v) is 11.9. The third-order valence-electron chi connectivity index (χ3n) is 5.65. The minimum atomic E-state index is -1.21. The van der Waals surface area contributed by atoms with Gasteiger partial charge in [0.1, 0.15) is 18.0 Å². The van der Waals surface area contributed by atoms with Gasteiger partial charge in [-0.05, 0) is 18.2 Å². The van der Waals surface area contributed by atoms with E-state index >= 15 is 0 Å². The molecule has 41 heavy (non-hydrogen) atoms. The molecule has 0 aromatic heterocycles. The second-order valence-electron chi connectivity index (χ2n) is 8.50. The summed E-state index contributed by atoms with van der Waals surface area (Å²) in [5.74, 6) is 0.687. The molecular weight excluding hydrogens is 548 g/mol. The van der Waals surface area contributed by atoms with E-state index < -0.39 is 58.2 Å². The van der Waals surface area contributed by atoms with Crippen molar-refractivity contribution in [2.75, 3.05) is 7.11 Å². The average Bonchev–Trinajstić information content (AvgIpc) is 2.92. The number of hydrogen-bond donors (Lipinski definition) is 0. The number of benzene rings is 2. The lowest BCUT2D eigenvalue weighted by Gasteiger charge is -2.33. The Bertz CT molecular complexity index is 1350. The quantitative estimate of drug-likeness (QED) is 0.0998. The van der Waals surface area contributed by atoms with E-state index in [1.165, 1.54) is 31.2 Å². The number of nitrogens with zero attached hydrogens (tertiary/aromatic N) is 2. The van der Waals surface area contributed by atoms with Crippen LogP contribution in [-0.4, -0.2) is 53.5 Å². The maximum Gasteiger partial charge on any atom is 0.514 e. The highest BCUT2D eigenvalue weighted by atomic mass is 16.7. The molecule has 0 saturated carbocycles. The Kier molecular flexibility index (Phi) is 10.1. The lowest BCUT2D eigenvalue weighted by molar-refractivity contribution is -0.386. The SMILES string of the molecule is C#CCC(OC(=O)Oc1ccc([N+](=O)[O-])cc1)c1ccc(OC2C[C@@H](OC(C)=O)CC(C(=O)OC)O2)c([N+](=O)[O-])c1. The van der Waals surface area contributed by atoms with Gasteiger partial charge in [0, 0.05) is 43.5 Å². The van der Waals surface area contributed by atoms with Crippen LogP contribution in [-0.2, 0) is 28.5 Å². The summed E-state index contributed by atoms with van der Waals surface area (Å²) in [5, 5.41) is 22.7. The summed E-state index contributed by atoms with van der Waals surface area (Å²) in [4.78, 5) is 57.2. The fraction of sp³-hybridized carbons (Fsp3) is 0.346. The number of non-ortho nitro benzene ring substituents is 1. The molecule has 1 fully saturated rings. The van der Waals surface area contributed by atoms with Crippen molar-refractivity contribution in [1.29, 1.82) is 0 Å². The molecule has 4 atom stereocenters. The third-order valence-corrected chi connectivity index (χ3v) is 5.65. The molecule has 0 bridgehead atoms. The van der Waals surface area contributed by atoms with Gasteiger partial charge in [0.2, 0.25) is 6.29 Å². The van der Waals surface area contributed by atoms with Crippen LogP contribution in [0.1, 0.15) is 37.9 Å². The zero-order valence-electron chi connectivity index (χ0n) is 21.8. The summed E-state index contributed by atoms with van der Waals surface area (Å²) < 4.78 is 31.4. The Morgan fingerprint density at radius 2 is 1.80 bits per heavy atom. The summed E-state index contributed by atoms with van der Waals surface area (Å²) in [6.45, 7) is 1.19. The zero-order valence-corrected chi connectivity index (χ0v) is 21.8. The Labute approximate surface area is 232 Å². The van der Waals surface area contributed by atoms with Gasteiger partial charge < -0.3 is 28.4 Å². The number of nitro groups is 2. The number of terminal acetylenes is 1. The minimum absolute atomic E-state index is 0.00816. The molecule has 1 aliphatic rings. The second-order valence-corrected chi connectivity index (χ2v) is 8.50. The van der Waals surface area contributed by atoms with Crippen LogP contribution >= 0.6 is 0 Å². The Balaban J connectivity index is 1.78. The number of hydrogen-bond acceptors (Lipinski definition) is 13. The smallest absolute Gasteiger partial charge is 0.467 e. The van der Waals surface area contributed by atoms with E-state index in [0.29, 0.717) is 0 Å². The van der Waals surface area contributed by atoms with Gasteiger partial charge in [-0.15, -0.1) is 12.3 Å². The van der Waals surface area contributed by atoms with Crippen molar-refractivity contribution >= 4 is 29.5 Å². The number of nitro benzene ring substituents is 2. The van der Waals surface area contributed by atoms with Gasteiger partial charge in [-0.3, -0.25) is 25.0 Å². The van der Waals surface area contributed by atoms with Gasteiger partial charge in [0.15, 0.2) is 11.9 Å². The van der Waals surface area contributed by atoms with Gasteiger partial charge in [-0.2, -0.15) is 0 Å². The number of carbonyl (C=O) groups excluding carboxylic acids is 3. The van der Waals surface area contributed by atoms with Gasteiger partial charge >= 0.3 is 23.8 Å². The number of methoxy groups -OCH3 is 1. The van der Waals surface area contributed by atoms with Crippen LogP contribution in [0, 0.1) is 32.6 Å². The second kappa shape index (κ2) is 13.7. The molecule has 0 N–H and O–H groups in total. The molecule has 0 spiro atoms. The largest absolute Gasteiger partial charge is 0.514 e. The fourth-order valence-electron chi connectivity index (χ4n) is 3.86. The van der Waals surface area contributed by atoms with Crippen molar-refractivity contribution < 1.29 is 52.7 Å². The number of esters is 2. The first-order valence-electron chi connectivity index (χ1n) is 11.9. The first-order chi connectivity index (χ1) is 19.5. The standard InChI is InChI=1S/C26H24N2O13/c1-4-5-21(41-26(31)38-18-9-7-17(8-10-18)27(32)33)16-6-11-22(20(12-16)28(34)35)39-24-14-19(37-15(2)29)13-23(40-24)25(30)36-3/h1,6-12,19,21,23-24H,5,13-14H2,2-3H3/t19-,21?,23?,24?/m0/s1. The topological polar surface area (TPSA) is 193 Å². The van der Waals surface area contributed by atoms with E-state index in [-0.39, 0.29) is 42.0 Å². The van der Waals surface area contributed by atoms with E-state index in [2.05, 4.69) is 10.7 Å². The molecule has 2 aromatic carbocycles. The summed E-state index contributed by atoms with van der Waals surface area (Å²) in [6, 6.07) is 8.32. The van der Waals surface area contributed by atoms with E-state index in [9.17, 15) is 34.6 Å². The van der Waals surface area contributed by atoms with E-state index in [0.717, 1.165) is 25.3 Å². The highest BCUT2D eigenvalue weighted by Crippen LogP contribution is 2.35. The summed E-state index contributed by atoms with van der Waals surface area (Å²) in [5.41, 5.74) is -0.617. The first kappa shape index (κ1) is 30.3. The van der Waals surface area contributed by atoms with Gasteiger partial charge in [0.05, 0.1) is 23.4 Å². The Hall–Kier alpha value is -5.23. The molecule has 1 saturated heterocycles. The number of rotatable bonds is 10. The van der Waals surface area contributed by atoms with E-state index in [1.807, 2.05) is 0 Å². The molecule has 0 radical (unpaired) electrons. The number of carbonyl (C=O) groups is 3. The molecule has 1 aliphatic heterocycles. The zero-order chi connectivity index (χ0) is 30.1. The Morgan fingerprint density at radius 1 is 1.10 bits per heavy atom. The molecule has 3 unspecified atom stereocenters. The van der Waals surface area contributed by atoms with Crippen LogP contribution in [0.5, 0.6) is 11.5 Å². The molecule has 15 nitrogen and oxygen atoms in total. The summed E-state index contributed by atoms with van der Waals surface area (Å²) in [6.07, 6.45) is -0.300. The van der Waals surface area contributed by atoms with Crippen LogP contribution in [0.4, 0.5) is 16.2 Å². The highest BCUT2D eigenvalue weighted by Gasteiger charge is 2.38. The van der Waals surface area contributed by atoms with Crippen LogP contribution in [0.25, 0.3) is 0 Å². The lowest BCUT2D eigenvalue weighted by Crippen LogP contribution is -2.44. The molecule has 1 heterocycles. The molecular formula is C26H24N2O13. The predicted octanol–water partition coefficient (Wildman–Crippen LogP) is 3.77. The van der Waals surface area contributed by atoms with Crippen molar-refractivity contribution in [2.45, 2.75) is 50.8 Å². The molecule has 2 aromatic rings. The van der Waals surface area contributed by atoms with Crippen molar-refractivity contribution in [1.82, 2.24) is 0 Å². The molecule has 0 aliphatic carbocycles. The van der Waals surface area contributed by atoms with Crippen molar-refractivity contribution in [3.05, 3.63) is 68.3 Å². The maximum absolute atomic E-state index is 12.4.